The van der Waals surface area contributed by atoms with E-state index < -0.39 is 0 Å². The summed E-state index contributed by atoms with van der Waals surface area (Å²) in [5.41, 5.74) is 4.40. The third-order valence-corrected chi connectivity index (χ3v) is 5.51. The summed E-state index contributed by atoms with van der Waals surface area (Å²) in [5.74, 6) is 1.53. The Morgan fingerprint density at radius 1 is 1.04 bits per heavy atom. The van der Waals surface area contributed by atoms with Gasteiger partial charge in [-0.1, -0.05) is 17.7 Å². The number of methoxy groups -OCH3 is 2. The Morgan fingerprint density at radius 3 is 2.43 bits per heavy atom. The van der Waals surface area contributed by atoms with Crippen LogP contribution >= 0.6 is 11.6 Å². The van der Waals surface area contributed by atoms with Crippen LogP contribution in [0.1, 0.15) is 39.6 Å². The second-order valence-corrected chi connectivity index (χ2v) is 7.37. The predicted octanol–water partition coefficient (Wildman–Crippen LogP) is 4.76. The molecule has 0 spiro atoms. The van der Waals surface area contributed by atoms with E-state index >= 15 is 0 Å². The van der Waals surface area contributed by atoms with Crippen LogP contribution in [0.3, 0.4) is 0 Å². The molecule has 28 heavy (non-hydrogen) atoms. The van der Waals surface area contributed by atoms with Crippen LogP contribution < -0.4 is 9.47 Å². The van der Waals surface area contributed by atoms with Gasteiger partial charge in [0.25, 0.3) is 0 Å². The first-order valence-corrected chi connectivity index (χ1v) is 9.49. The number of carbonyl (C=O) groups is 1. The van der Waals surface area contributed by atoms with Crippen LogP contribution in [-0.2, 0) is 6.42 Å². The average Bonchev–Trinajstić information content (AvgIpc) is 3.05. The molecule has 1 aliphatic carbocycles. The Bertz CT molecular complexity index is 1040. The number of aromatic nitrogens is 2. The predicted molar refractivity (Wildman–Crippen MR) is 108 cm³/mol. The molecule has 0 radical (unpaired) electrons. The molecule has 0 saturated carbocycles. The van der Waals surface area contributed by atoms with Crippen molar-refractivity contribution in [1.29, 1.82) is 0 Å². The van der Waals surface area contributed by atoms with Crippen LogP contribution in [0.2, 0.25) is 5.02 Å². The minimum Gasteiger partial charge on any atom is -0.493 e. The number of rotatable bonds is 4. The van der Waals surface area contributed by atoms with Gasteiger partial charge in [-0.05, 0) is 61.2 Å². The Hall–Kier alpha value is -2.79. The molecule has 144 valence electrons. The van der Waals surface area contributed by atoms with Gasteiger partial charge in [0.2, 0.25) is 0 Å². The molecule has 0 amide bonds. The van der Waals surface area contributed by atoms with Crippen molar-refractivity contribution in [3.63, 3.8) is 0 Å². The van der Waals surface area contributed by atoms with Crippen molar-refractivity contribution in [3.05, 3.63) is 70.0 Å². The van der Waals surface area contributed by atoms with Crippen LogP contribution in [0.4, 0.5) is 0 Å². The summed E-state index contributed by atoms with van der Waals surface area (Å²) in [6.45, 7) is 1.89. The van der Waals surface area contributed by atoms with E-state index in [9.17, 15) is 4.79 Å². The van der Waals surface area contributed by atoms with Gasteiger partial charge in [-0.3, -0.25) is 4.79 Å². The van der Waals surface area contributed by atoms with Gasteiger partial charge in [0.05, 0.1) is 36.9 Å². The van der Waals surface area contributed by atoms with E-state index in [2.05, 4.69) is 5.10 Å². The Balaban J connectivity index is 1.75. The molecule has 1 aromatic heterocycles. The lowest BCUT2D eigenvalue weighted by Gasteiger charge is -2.24. The SMILES string of the molecule is COc1ccc(C2CC(=O)c3c(C)nn(-c4ccc(Cl)cc4)c3C2)cc1OC. The summed E-state index contributed by atoms with van der Waals surface area (Å²) in [4.78, 5) is 12.9. The fraction of sp³-hybridized carbons (Fsp3) is 0.273. The summed E-state index contributed by atoms with van der Waals surface area (Å²) < 4.78 is 12.6. The van der Waals surface area contributed by atoms with Gasteiger partial charge in [-0.2, -0.15) is 5.10 Å². The third kappa shape index (κ3) is 3.16. The maximum atomic E-state index is 12.9. The van der Waals surface area contributed by atoms with E-state index in [-0.39, 0.29) is 11.7 Å². The van der Waals surface area contributed by atoms with E-state index in [4.69, 9.17) is 21.1 Å². The van der Waals surface area contributed by atoms with E-state index in [1.165, 1.54) is 0 Å². The molecule has 0 aliphatic heterocycles. The standard InChI is InChI=1S/C22H21ClN2O3/c1-13-22-18(25(24-13)17-7-5-16(23)6-8-17)10-15(11-19(22)26)14-4-9-20(27-2)21(12-14)28-3/h4-9,12,15H,10-11H2,1-3H3. The molecule has 0 fully saturated rings. The van der Waals surface area contributed by atoms with E-state index in [0.29, 0.717) is 22.9 Å². The van der Waals surface area contributed by atoms with Gasteiger partial charge in [0, 0.05) is 11.4 Å². The number of nitrogens with zero attached hydrogens (tertiary/aromatic N) is 2. The Morgan fingerprint density at radius 2 is 1.75 bits per heavy atom. The van der Waals surface area contributed by atoms with E-state index in [0.717, 1.165) is 34.6 Å². The molecule has 1 aliphatic rings. The number of aryl methyl sites for hydroxylation is 1. The molecule has 5 nitrogen and oxygen atoms in total. The third-order valence-electron chi connectivity index (χ3n) is 5.26. The quantitative estimate of drug-likeness (QED) is 0.637. The van der Waals surface area contributed by atoms with Crippen molar-refractivity contribution in [2.24, 2.45) is 0 Å². The Labute approximate surface area is 168 Å². The first-order valence-electron chi connectivity index (χ1n) is 9.11. The summed E-state index contributed by atoms with van der Waals surface area (Å²) in [7, 11) is 3.23. The topological polar surface area (TPSA) is 53.3 Å². The molecule has 0 N–H and O–H groups in total. The number of benzene rings is 2. The van der Waals surface area contributed by atoms with Crippen molar-refractivity contribution in [3.8, 4) is 17.2 Å². The van der Waals surface area contributed by atoms with Crippen molar-refractivity contribution >= 4 is 17.4 Å². The van der Waals surface area contributed by atoms with Gasteiger partial charge >= 0.3 is 0 Å². The lowest BCUT2D eigenvalue weighted by atomic mass is 9.81. The zero-order valence-corrected chi connectivity index (χ0v) is 16.8. The van der Waals surface area contributed by atoms with Crippen molar-refractivity contribution in [2.75, 3.05) is 14.2 Å². The first-order chi connectivity index (χ1) is 13.5. The highest BCUT2D eigenvalue weighted by Crippen LogP contribution is 2.38. The van der Waals surface area contributed by atoms with Gasteiger partial charge < -0.3 is 9.47 Å². The average molecular weight is 397 g/mol. The monoisotopic (exact) mass is 396 g/mol. The molecule has 1 unspecified atom stereocenters. The molecule has 4 rings (SSSR count). The fourth-order valence-electron chi connectivity index (χ4n) is 3.90. The highest BCUT2D eigenvalue weighted by molar-refractivity contribution is 6.30. The molecule has 2 aromatic carbocycles. The zero-order valence-electron chi connectivity index (χ0n) is 16.0. The molecule has 1 heterocycles. The van der Waals surface area contributed by atoms with Crippen LogP contribution in [0, 0.1) is 6.92 Å². The number of fused-ring (bicyclic) bond motifs is 1. The van der Waals surface area contributed by atoms with E-state index in [1.807, 2.05) is 54.1 Å². The molecule has 3 aromatic rings. The van der Waals surface area contributed by atoms with Crippen molar-refractivity contribution in [1.82, 2.24) is 9.78 Å². The molecule has 1 atom stereocenters. The minimum atomic E-state index is 0.0574. The van der Waals surface area contributed by atoms with Crippen molar-refractivity contribution in [2.45, 2.75) is 25.7 Å². The molecule has 6 heteroatoms. The summed E-state index contributed by atoms with van der Waals surface area (Å²) >= 11 is 6.02. The second-order valence-electron chi connectivity index (χ2n) is 6.94. The molecular formula is C22H21ClN2O3. The number of carbonyl (C=O) groups excluding carboxylic acids is 1. The van der Waals surface area contributed by atoms with Gasteiger partial charge in [-0.15, -0.1) is 0 Å². The maximum absolute atomic E-state index is 12.9. The van der Waals surface area contributed by atoms with E-state index in [1.54, 1.807) is 14.2 Å². The second kappa shape index (κ2) is 7.32. The van der Waals surface area contributed by atoms with Crippen molar-refractivity contribution < 1.29 is 14.3 Å². The van der Waals surface area contributed by atoms with Crippen LogP contribution in [0.5, 0.6) is 11.5 Å². The largest absolute Gasteiger partial charge is 0.493 e. The molecule has 0 saturated heterocycles. The van der Waals surface area contributed by atoms with Crippen LogP contribution in [0.15, 0.2) is 42.5 Å². The van der Waals surface area contributed by atoms with Crippen LogP contribution in [-0.4, -0.2) is 29.8 Å². The highest BCUT2D eigenvalue weighted by Gasteiger charge is 2.32. The summed E-state index contributed by atoms with van der Waals surface area (Å²) in [6.07, 6.45) is 1.18. The highest BCUT2D eigenvalue weighted by atomic mass is 35.5. The van der Waals surface area contributed by atoms with Gasteiger partial charge in [-0.25, -0.2) is 4.68 Å². The number of halogens is 1. The Kier molecular flexibility index (Phi) is 4.85. The lowest BCUT2D eigenvalue weighted by Crippen LogP contribution is -2.20. The van der Waals surface area contributed by atoms with Gasteiger partial charge in [0.15, 0.2) is 17.3 Å². The lowest BCUT2D eigenvalue weighted by molar-refractivity contribution is 0.0963. The minimum absolute atomic E-state index is 0.0574. The number of hydrogen-bond donors (Lipinski definition) is 0. The number of ketones is 1. The maximum Gasteiger partial charge on any atom is 0.167 e. The number of ether oxygens (including phenoxy) is 2. The number of hydrogen-bond acceptors (Lipinski definition) is 4. The van der Waals surface area contributed by atoms with Gasteiger partial charge in [0.1, 0.15) is 0 Å². The smallest absolute Gasteiger partial charge is 0.167 e. The fourth-order valence-corrected chi connectivity index (χ4v) is 4.02. The zero-order chi connectivity index (χ0) is 19.8. The summed E-state index contributed by atoms with van der Waals surface area (Å²) in [6, 6.07) is 13.3. The first kappa shape index (κ1) is 18.6. The molecular weight excluding hydrogens is 376 g/mol. The number of Topliss-reactive ketones (excluding diaryl/α,β-unsaturated/α-hetero) is 1. The van der Waals surface area contributed by atoms with Crippen LogP contribution in [0.25, 0.3) is 5.69 Å². The molecule has 0 bridgehead atoms. The normalized spacial score (nSPS) is 16.0. The summed E-state index contributed by atoms with van der Waals surface area (Å²) in [5, 5.41) is 5.31.